The van der Waals surface area contributed by atoms with Crippen LogP contribution in [0.2, 0.25) is 0 Å². The summed E-state index contributed by atoms with van der Waals surface area (Å²) in [5.41, 5.74) is 0. The summed E-state index contributed by atoms with van der Waals surface area (Å²) in [7, 11) is 1.54. The average Bonchev–Trinajstić information content (AvgIpc) is 1.98. The Morgan fingerprint density at radius 1 is 1.42 bits per heavy atom. The van der Waals surface area contributed by atoms with E-state index in [1.54, 1.807) is 7.05 Å². The Bertz CT molecular complexity index is 168. The summed E-state index contributed by atoms with van der Waals surface area (Å²) in [4.78, 5) is 22.8. The highest BCUT2D eigenvalue weighted by Gasteiger charge is 2.10. The van der Waals surface area contributed by atoms with Crippen LogP contribution < -0.4 is 0 Å². The van der Waals surface area contributed by atoms with Gasteiger partial charge in [-0.3, -0.25) is 4.79 Å². The number of Topliss-reactive ketones (excluding diaryl/α,β-unsaturated/α-hetero) is 1. The van der Waals surface area contributed by atoms with E-state index in [0.29, 0.717) is 6.61 Å². The molecule has 4 heteroatoms. The van der Waals surface area contributed by atoms with E-state index in [1.165, 1.54) is 11.8 Å². The van der Waals surface area contributed by atoms with Gasteiger partial charge in [0.05, 0.1) is 13.2 Å². The minimum Gasteiger partial charge on any atom is -0.449 e. The number of hydrogen-bond acceptors (Lipinski definition) is 3. The van der Waals surface area contributed by atoms with Crippen LogP contribution in [-0.2, 0) is 9.53 Å². The van der Waals surface area contributed by atoms with E-state index < -0.39 is 6.09 Å². The molecule has 1 amide bonds. The first kappa shape index (κ1) is 10.9. The van der Waals surface area contributed by atoms with E-state index in [-0.39, 0.29) is 12.3 Å². The van der Waals surface area contributed by atoms with Gasteiger partial charge in [0.25, 0.3) is 0 Å². The molecular formula is C8H15NO3. The van der Waals surface area contributed by atoms with Crippen LogP contribution in [0.1, 0.15) is 20.3 Å². The molecule has 0 N–H and O–H groups in total. The Balaban J connectivity index is 3.69. The first-order valence-electron chi connectivity index (χ1n) is 3.95. The summed E-state index contributed by atoms with van der Waals surface area (Å²) in [6.45, 7) is 3.87. The van der Waals surface area contributed by atoms with Gasteiger partial charge in [-0.15, -0.1) is 0 Å². The fraction of sp³-hybridized carbons (Fsp3) is 0.750. The highest BCUT2D eigenvalue weighted by molar-refractivity contribution is 5.81. The van der Waals surface area contributed by atoms with E-state index in [9.17, 15) is 9.59 Å². The van der Waals surface area contributed by atoms with E-state index in [4.69, 9.17) is 4.74 Å². The van der Waals surface area contributed by atoms with E-state index >= 15 is 0 Å². The number of nitrogens with zero attached hydrogens (tertiary/aromatic N) is 1. The Kier molecular flexibility index (Phi) is 5.08. The fourth-order valence-corrected chi connectivity index (χ4v) is 0.698. The van der Waals surface area contributed by atoms with E-state index in [1.807, 2.05) is 6.92 Å². The predicted molar refractivity (Wildman–Crippen MR) is 45.0 cm³/mol. The number of hydrogen-bond donors (Lipinski definition) is 0. The number of ketones is 1. The first-order chi connectivity index (χ1) is 5.57. The van der Waals surface area contributed by atoms with Crippen LogP contribution in [0.25, 0.3) is 0 Å². The third kappa shape index (κ3) is 4.71. The van der Waals surface area contributed by atoms with Gasteiger partial charge in [0.2, 0.25) is 0 Å². The van der Waals surface area contributed by atoms with Crippen LogP contribution in [0.4, 0.5) is 4.79 Å². The molecule has 0 rings (SSSR count). The molecule has 0 aromatic heterocycles. The second-order valence-electron chi connectivity index (χ2n) is 2.67. The van der Waals surface area contributed by atoms with Gasteiger partial charge in [-0.1, -0.05) is 6.92 Å². The largest absolute Gasteiger partial charge is 0.449 e. The standard InChI is InChI=1S/C8H15NO3/c1-4-5-12-8(11)9(3)6-7(2)10/h4-6H2,1-3H3. The molecule has 0 aliphatic heterocycles. The topological polar surface area (TPSA) is 46.6 Å². The number of carbonyl (C=O) groups excluding carboxylic acids is 2. The number of carbonyl (C=O) groups is 2. The summed E-state index contributed by atoms with van der Waals surface area (Å²) >= 11 is 0. The van der Waals surface area contributed by atoms with Gasteiger partial charge in [-0.2, -0.15) is 0 Å². The molecule has 0 saturated carbocycles. The second-order valence-corrected chi connectivity index (χ2v) is 2.67. The molecule has 0 spiro atoms. The van der Waals surface area contributed by atoms with Crippen molar-refractivity contribution in [2.75, 3.05) is 20.2 Å². The first-order valence-corrected chi connectivity index (χ1v) is 3.95. The molecule has 0 fully saturated rings. The molecule has 4 nitrogen and oxygen atoms in total. The Hall–Kier alpha value is -1.06. The molecule has 0 aliphatic carbocycles. The SMILES string of the molecule is CCCOC(=O)N(C)CC(C)=O. The Morgan fingerprint density at radius 2 is 2.00 bits per heavy atom. The maximum absolute atomic E-state index is 11.0. The lowest BCUT2D eigenvalue weighted by molar-refractivity contribution is -0.117. The van der Waals surface area contributed by atoms with Crippen molar-refractivity contribution >= 4 is 11.9 Å². The molecule has 0 saturated heterocycles. The molecule has 12 heavy (non-hydrogen) atoms. The third-order valence-corrected chi connectivity index (χ3v) is 1.20. The molecule has 0 unspecified atom stereocenters. The maximum atomic E-state index is 11.0. The Morgan fingerprint density at radius 3 is 2.42 bits per heavy atom. The van der Waals surface area contributed by atoms with Crippen LogP contribution >= 0.6 is 0 Å². The highest BCUT2D eigenvalue weighted by Crippen LogP contribution is 1.91. The zero-order valence-corrected chi connectivity index (χ0v) is 7.79. The van der Waals surface area contributed by atoms with Gasteiger partial charge in [-0.25, -0.2) is 4.79 Å². The van der Waals surface area contributed by atoms with Gasteiger partial charge in [0, 0.05) is 7.05 Å². The van der Waals surface area contributed by atoms with Crippen LogP contribution in [0.5, 0.6) is 0 Å². The zero-order chi connectivity index (χ0) is 9.56. The van der Waals surface area contributed by atoms with Gasteiger partial charge in [0.15, 0.2) is 0 Å². The van der Waals surface area contributed by atoms with Crippen molar-refractivity contribution in [3.05, 3.63) is 0 Å². The van der Waals surface area contributed by atoms with Crippen LogP contribution in [-0.4, -0.2) is 37.0 Å². The van der Waals surface area contributed by atoms with Crippen molar-refractivity contribution in [2.24, 2.45) is 0 Å². The van der Waals surface area contributed by atoms with Crippen molar-refractivity contribution in [1.29, 1.82) is 0 Å². The highest BCUT2D eigenvalue weighted by atomic mass is 16.6. The smallest absolute Gasteiger partial charge is 0.409 e. The fourth-order valence-electron chi connectivity index (χ4n) is 0.698. The molecule has 70 valence electrons. The van der Waals surface area contributed by atoms with E-state index in [0.717, 1.165) is 6.42 Å². The summed E-state index contributed by atoms with van der Waals surface area (Å²) in [5.74, 6) is -0.0500. The second kappa shape index (κ2) is 5.57. The zero-order valence-electron chi connectivity index (χ0n) is 7.79. The minimum atomic E-state index is -0.438. The van der Waals surface area contributed by atoms with Crippen LogP contribution in [0.3, 0.4) is 0 Å². The Labute approximate surface area is 72.5 Å². The molecule has 0 aromatic rings. The van der Waals surface area contributed by atoms with Crippen molar-refractivity contribution < 1.29 is 14.3 Å². The number of ether oxygens (including phenoxy) is 1. The molecule has 0 bridgehead atoms. The lowest BCUT2D eigenvalue weighted by Crippen LogP contribution is -2.31. The normalized spacial score (nSPS) is 9.25. The monoisotopic (exact) mass is 173 g/mol. The van der Waals surface area contributed by atoms with Gasteiger partial charge in [-0.05, 0) is 13.3 Å². The molecule has 0 radical (unpaired) electrons. The van der Waals surface area contributed by atoms with Crippen molar-refractivity contribution in [3.8, 4) is 0 Å². The van der Waals surface area contributed by atoms with Crippen molar-refractivity contribution in [3.63, 3.8) is 0 Å². The number of amides is 1. The number of likely N-dealkylation sites (N-methyl/N-ethyl adjacent to an activating group) is 1. The van der Waals surface area contributed by atoms with E-state index in [2.05, 4.69) is 0 Å². The molecular weight excluding hydrogens is 158 g/mol. The molecule has 0 aromatic carbocycles. The third-order valence-electron chi connectivity index (χ3n) is 1.20. The molecule has 0 aliphatic rings. The predicted octanol–water partition coefficient (Wildman–Crippen LogP) is 1.05. The van der Waals surface area contributed by atoms with Crippen molar-refractivity contribution in [1.82, 2.24) is 4.90 Å². The van der Waals surface area contributed by atoms with Crippen LogP contribution in [0, 0.1) is 0 Å². The van der Waals surface area contributed by atoms with Gasteiger partial charge in [0.1, 0.15) is 5.78 Å². The quantitative estimate of drug-likeness (QED) is 0.638. The van der Waals surface area contributed by atoms with Gasteiger partial charge >= 0.3 is 6.09 Å². The molecule has 0 heterocycles. The minimum absolute atomic E-state index is 0.0500. The number of rotatable bonds is 4. The lowest BCUT2D eigenvalue weighted by atomic mass is 10.4. The summed E-state index contributed by atoms with van der Waals surface area (Å²) in [5, 5.41) is 0. The summed E-state index contributed by atoms with van der Waals surface area (Å²) < 4.78 is 4.79. The average molecular weight is 173 g/mol. The van der Waals surface area contributed by atoms with Crippen LogP contribution in [0.15, 0.2) is 0 Å². The summed E-state index contributed by atoms with van der Waals surface area (Å²) in [6.07, 6.45) is 0.353. The van der Waals surface area contributed by atoms with Crippen molar-refractivity contribution in [2.45, 2.75) is 20.3 Å². The molecule has 0 atom stereocenters. The summed E-state index contributed by atoms with van der Waals surface area (Å²) in [6, 6.07) is 0. The maximum Gasteiger partial charge on any atom is 0.409 e. The van der Waals surface area contributed by atoms with Gasteiger partial charge < -0.3 is 9.64 Å². The lowest BCUT2D eigenvalue weighted by Gasteiger charge is -2.14.